The fraction of sp³-hybridized carbons (Fsp3) is 0.158. The molecule has 0 saturated heterocycles. The standard InChI is InChI=1S/C19H18Cl2N2O2/c20-16-10-11-18(17(21)14-16)25-13-5-9-19(24)23-22-12-4-8-15-6-2-1-3-7-15/h1-4,6-8,10-12,14H,5,9,13H2,(H,23,24). The van der Waals surface area contributed by atoms with Gasteiger partial charge in [-0.2, -0.15) is 5.10 Å². The lowest BCUT2D eigenvalue weighted by Gasteiger charge is -2.07. The number of ether oxygens (including phenoxy) is 1. The normalized spacial score (nSPS) is 11.1. The molecule has 4 nitrogen and oxygen atoms in total. The summed E-state index contributed by atoms with van der Waals surface area (Å²) in [6.07, 6.45) is 6.07. The molecule has 0 fully saturated rings. The van der Waals surface area contributed by atoms with E-state index in [0.717, 1.165) is 5.56 Å². The second kappa shape index (κ2) is 10.5. The molecule has 0 heterocycles. The summed E-state index contributed by atoms with van der Waals surface area (Å²) in [5, 5.41) is 4.86. The maximum absolute atomic E-state index is 11.7. The van der Waals surface area contributed by atoms with Crippen molar-refractivity contribution < 1.29 is 9.53 Å². The molecule has 0 aromatic heterocycles. The maximum atomic E-state index is 11.7. The van der Waals surface area contributed by atoms with Crippen LogP contribution in [0.15, 0.2) is 59.7 Å². The third-order valence-corrected chi connectivity index (χ3v) is 3.67. The average Bonchev–Trinajstić information content (AvgIpc) is 2.61. The van der Waals surface area contributed by atoms with E-state index < -0.39 is 0 Å². The van der Waals surface area contributed by atoms with Crippen molar-refractivity contribution in [2.24, 2.45) is 5.10 Å². The maximum Gasteiger partial charge on any atom is 0.240 e. The average molecular weight is 377 g/mol. The molecular weight excluding hydrogens is 359 g/mol. The lowest BCUT2D eigenvalue weighted by Crippen LogP contribution is -2.17. The predicted octanol–water partition coefficient (Wildman–Crippen LogP) is 4.97. The Morgan fingerprint density at radius 1 is 1.16 bits per heavy atom. The number of hydrazone groups is 1. The molecule has 25 heavy (non-hydrogen) atoms. The minimum atomic E-state index is -0.171. The summed E-state index contributed by atoms with van der Waals surface area (Å²) in [6, 6.07) is 14.8. The van der Waals surface area contributed by atoms with Crippen molar-refractivity contribution in [2.75, 3.05) is 6.61 Å². The second-order valence-corrected chi connectivity index (χ2v) is 5.95. The van der Waals surface area contributed by atoms with Gasteiger partial charge in [-0.25, -0.2) is 5.43 Å². The highest BCUT2D eigenvalue weighted by molar-refractivity contribution is 6.35. The number of hydrogen-bond acceptors (Lipinski definition) is 3. The first-order valence-corrected chi connectivity index (χ1v) is 8.52. The van der Waals surface area contributed by atoms with Gasteiger partial charge in [-0.1, -0.05) is 59.6 Å². The zero-order chi connectivity index (χ0) is 17.9. The Labute approximate surface area is 157 Å². The topological polar surface area (TPSA) is 50.7 Å². The summed E-state index contributed by atoms with van der Waals surface area (Å²) >= 11 is 11.8. The van der Waals surface area contributed by atoms with Crippen LogP contribution in [0.3, 0.4) is 0 Å². The molecule has 0 bridgehead atoms. The molecule has 2 rings (SSSR count). The van der Waals surface area contributed by atoms with Gasteiger partial charge in [0.25, 0.3) is 0 Å². The van der Waals surface area contributed by atoms with Gasteiger partial charge in [-0.3, -0.25) is 4.79 Å². The number of carbonyl (C=O) groups excluding carboxylic acids is 1. The van der Waals surface area contributed by atoms with Crippen LogP contribution in [0.25, 0.3) is 6.08 Å². The first-order valence-electron chi connectivity index (χ1n) is 7.76. The molecule has 0 aliphatic carbocycles. The zero-order valence-electron chi connectivity index (χ0n) is 13.5. The minimum Gasteiger partial charge on any atom is -0.492 e. The number of hydrogen-bond donors (Lipinski definition) is 1. The van der Waals surface area contributed by atoms with E-state index in [-0.39, 0.29) is 5.91 Å². The highest BCUT2D eigenvalue weighted by Crippen LogP contribution is 2.27. The van der Waals surface area contributed by atoms with Gasteiger partial charge >= 0.3 is 0 Å². The number of rotatable bonds is 8. The lowest BCUT2D eigenvalue weighted by molar-refractivity contribution is -0.121. The first-order chi connectivity index (χ1) is 12.1. The molecule has 0 atom stereocenters. The number of nitrogens with one attached hydrogen (secondary N) is 1. The highest BCUT2D eigenvalue weighted by Gasteiger charge is 2.03. The van der Waals surface area contributed by atoms with Gasteiger partial charge in [0.15, 0.2) is 0 Å². The molecule has 1 N–H and O–H groups in total. The van der Waals surface area contributed by atoms with Crippen molar-refractivity contribution in [3.63, 3.8) is 0 Å². The quantitative estimate of drug-likeness (QED) is 0.401. The molecule has 0 radical (unpaired) electrons. The van der Waals surface area contributed by atoms with Crippen molar-refractivity contribution in [3.8, 4) is 5.75 Å². The summed E-state index contributed by atoms with van der Waals surface area (Å²) in [5.41, 5.74) is 3.53. The Kier molecular flexibility index (Phi) is 8.02. The van der Waals surface area contributed by atoms with E-state index in [1.54, 1.807) is 24.3 Å². The predicted molar refractivity (Wildman–Crippen MR) is 103 cm³/mol. The number of carbonyl (C=O) groups is 1. The van der Waals surface area contributed by atoms with Gasteiger partial charge in [0.1, 0.15) is 5.75 Å². The molecule has 0 saturated carbocycles. The molecule has 1 amide bonds. The fourth-order valence-electron chi connectivity index (χ4n) is 1.93. The number of benzene rings is 2. The molecule has 0 aliphatic rings. The molecule has 6 heteroatoms. The largest absolute Gasteiger partial charge is 0.492 e. The lowest BCUT2D eigenvalue weighted by atomic mass is 10.2. The van der Waals surface area contributed by atoms with E-state index in [1.807, 2.05) is 36.4 Å². The smallest absolute Gasteiger partial charge is 0.240 e. The number of allylic oxidation sites excluding steroid dienone is 1. The Morgan fingerprint density at radius 2 is 1.96 bits per heavy atom. The van der Waals surface area contributed by atoms with E-state index in [2.05, 4.69) is 10.5 Å². The molecule has 2 aromatic rings. The van der Waals surface area contributed by atoms with Crippen LogP contribution < -0.4 is 10.2 Å². The van der Waals surface area contributed by atoms with Gasteiger partial charge in [-0.15, -0.1) is 0 Å². The van der Waals surface area contributed by atoms with Crippen molar-refractivity contribution in [3.05, 3.63) is 70.2 Å². The third-order valence-electron chi connectivity index (χ3n) is 3.14. The Bertz CT molecular complexity index is 746. The van der Waals surface area contributed by atoms with Crippen molar-refractivity contribution >= 4 is 41.4 Å². The number of nitrogens with zero attached hydrogens (tertiary/aromatic N) is 1. The SMILES string of the molecule is O=C(CCCOc1ccc(Cl)cc1Cl)NN=CC=Cc1ccccc1. The fourth-order valence-corrected chi connectivity index (χ4v) is 2.40. The van der Waals surface area contributed by atoms with Crippen LogP contribution in [-0.2, 0) is 4.79 Å². The van der Waals surface area contributed by atoms with Gasteiger partial charge in [0.05, 0.1) is 11.6 Å². The second-order valence-electron chi connectivity index (χ2n) is 5.11. The van der Waals surface area contributed by atoms with Gasteiger partial charge in [0, 0.05) is 17.7 Å². The van der Waals surface area contributed by atoms with E-state index in [9.17, 15) is 4.79 Å². The Hall–Kier alpha value is -2.30. The molecule has 2 aromatic carbocycles. The Morgan fingerprint density at radius 3 is 2.72 bits per heavy atom. The minimum absolute atomic E-state index is 0.171. The molecular formula is C19H18Cl2N2O2. The summed E-state index contributed by atoms with van der Waals surface area (Å²) < 4.78 is 5.51. The summed E-state index contributed by atoms with van der Waals surface area (Å²) in [5.74, 6) is 0.380. The van der Waals surface area contributed by atoms with Crippen molar-refractivity contribution in [1.82, 2.24) is 5.43 Å². The Balaban J connectivity index is 1.62. The van der Waals surface area contributed by atoms with Crippen LogP contribution in [-0.4, -0.2) is 18.7 Å². The first kappa shape index (κ1) is 19.0. The van der Waals surface area contributed by atoms with Crippen LogP contribution in [0.1, 0.15) is 18.4 Å². The van der Waals surface area contributed by atoms with Crippen LogP contribution in [0.4, 0.5) is 0 Å². The van der Waals surface area contributed by atoms with Gasteiger partial charge in [-0.05, 0) is 36.3 Å². The van der Waals surface area contributed by atoms with Gasteiger partial charge < -0.3 is 4.74 Å². The summed E-state index contributed by atoms with van der Waals surface area (Å²) in [6.45, 7) is 0.381. The van der Waals surface area contributed by atoms with Crippen molar-refractivity contribution in [2.45, 2.75) is 12.8 Å². The van der Waals surface area contributed by atoms with E-state index in [0.29, 0.717) is 35.2 Å². The highest BCUT2D eigenvalue weighted by atomic mass is 35.5. The molecule has 0 unspecified atom stereocenters. The summed E-state index contributed by atoms with van der Waals surface area (Å²) in [7, 11) is 0. The van der Waals surface area contributed by atoms with Crippen LogP contribution in [0, 0.1) is 0 Å². The number of amides is 1. The van der Waals surface area contributed by atoms with Gasteiger partial charge in [0.2, 0.25) is 5.91 Å². The van der Waals surface area contributed by atoms with Crippen LogP contribution in [0.2, 0.25) is 10.0 Å². The molecule has 0 aliphatic heterocycles. The van der Waals surface area contributed by atoms with E-state index in [4.69, 9.17) is 27.9 Å². The molecule has 130 valence electrons. The monoisotopic (exact) mass is 376 g/mol. The molecule has 0 spiro atoms. The van der Waals surface area contributed by atoms with Crippen molar-refractivity contribution in [1.29, 1.82) is 0 Å². The zero-order valence-corrected chi connectivity index (χ0v) is 15.0. The van der Waals surface area contributed by atoms with Crippen LogP contribution >= 0.6 is 23.2 Å². The van der Waals surface area contributed by atoms with Crippen LogP contribution in [0.5, 0.6) is 5.75 Å². The third kappa shape index (κ3) is 7.42. The number of halogens is 2. The van der Waals surface area contributed by atoms with E-state index >= 15 is 0 Å². The summed E-state index contributed by atoms with van der Waals surface area (Å²) in [4.78, 5) is 11.7. The van der Waals surface area contributed by atoms with E-state index in [1.165, 1.54) is 6.21 Å².